The van der Waals surface area contributed by atoms with Crippen LogP contribution in [0.5, 0.6) is 0 Å². The largest absolute Gasteiger partial charge is 0.349 e. The average molecular weight is 431 g/mol. The number of carbonyl (C=O) groups is 1. The van der Waals surface area contributed by atoms with Crippen LogP contribution in [-0.2, 0) is 14.8 Å². The van der Waals surface area contributed by atoms with Crippen molar-refractivity contribution < 1.29 is 13.2 Å². The first-order valence-electron chi connectivity index (χ1n) is 10.5. The van der Waals surface area contributed by atoms with Gasteiger partial charge in [-0.15, -0.1) is 0 Å². The number of amides is 1. The molecule has 6 heteroatoms. The molecule has 0 fully saturated rings. The Balaban J connectivity index is 2.02. The first kappa shape index (κ1) is 23.9. The number of sulfonamides is 1. The Kier molecular flexibility index (Phi) is 8.47. The predicted octanol–water partition coefficient (Wildman–Crippen LogP) is 4.75. The molecule has 0 spiro atoms. The number of hydrogen-bond donors (Lipinski definition) is 1. The summed E-state index contributed by atoms with van der Waals surface area (Å²) in [6.45, 7) is 8.44. The van der Waals surface area contributed by atoms with Crippen LogP contribution in [0.4, 0.5) is 5.69 Å². The van der Waals surface area contributed by atoms with Crippen LogP contribution >= 0.6 is 0 Å². The van der Waals surface area contributed by atoms with Gasteiger partial charge in [0.1, 0.15) is 0 Å². The molecule has 0 aliphatic heterocycles. The Morgan fingerprint density at radius 2 is 1.63 bits per heavy atom. The fraction of sp³-hybridized carbons (Fsp3) is 0.458. The Hall–Kier alpha value is -2.34. The zero-order chi connectivity index (χ0) is 22.3. The van der Waals surface area contributed by atoms with Crippen molar-refractivity contribution in [3.05, 3.63) is 65.2 Å². The van der Waals surface area contributed by atoms with Gasteiger partial charge >= 0.3 is 0 Å². The first-order valence-corrected chi connectivity index (χ1v) is 12.3. The molecule has 0 aliphatic rings. The van der Waals surface area contributed by atoms with Crippen LogP contribution in [-0.4, -0.2) is 27.1 Å². The molecule has 0 saturated carbocycles. The van der Waals surface area contributed by atoms with E-state index in [2.05, 4.69) is 19.2 Å². The summed E-state index contributed by atoms with van der Waals surface area (Å²) in [6, 6.07) is 15.7. The van der Waals surface area contributed by atoms with Gasteiger partial charge < -0.3 is 5.32 Å². The molecule has 0 saturated heterocycles. The van der Waals surface area contributed by atoms with E-state index in [0.717, 1.165) is 23.1 Å². The van der Waals surface area contributed by atoms with Gasteiger partial charge in [0.2, 0.25) is 15.9 Å². The lowest BCUT2D eigenvalue weighted by molar-refractivity contribution is -0.122. The number of carbonyl (C=O) groups excluding carboxylic acids is 1. The molecule has 164 valence electrons. The first-order chi connectivity index (χ1) is 14.1. The highest BCUT2D eigenvalue weighted by atomic mass is 32.2. The standard InChI is InChI=1S/C24H34N2O3S/c1-18(2)14-23(21-10-7-6-8-11-21)25-24(27)12-9-13-26(30(5,28)29)22-16-19(3)15-20(4)17-22/h6-8,10-11,15-18,23H,9,12-14H2,1-5H3,(H,25,27)/t23-/m0/s1. The highest BCUT2D eigenvalue weighted by molar-refractivity contribution is 7.92. The number of anilines is 1. The van der Waals surface area contributed by atoms with E-state index in [1.165, 1.54) is 10.6 Å². The summed E-state index contributed by atoms with van der Waals surface area (Å²) < 4.78 is 26.1. The van der Waals surface area contributed by atoms with Crippen molar-refractivity contribution in [1.82, 2.24) is 5.32 Å². The van der Waals surface area contributed by atoms with Gasteiger partial charge in [-0.2, -0.15) is 0 Å². The molecule has 0 aromatic heterocycles. The number of nitrogens with zero attached hydrogens (tertiary/aromatic N) is 1. The normalized spacial score (nSPS) is 12.6. The number of hydrogen-bond acceptors (Lipinski definition) is 3. The Bertz CT molecular complexity index is 920. The maximum atomic E-state index is 12.6. The van der Waals surface area contributed by atoms with Gasteiger partial charge in [0.15, 0.2) is 0 Å². The van der Waals surface area contributed by atoms with E-state index in [4.69, 9.17) is 0 Å². The summed E-state index contributed by atoms with van der Waals surface area (Å²) in [7, 11) is -3.43. The molecule has 0 unspecified atom stereocenters. The third-order valence-corrected chi connectivity index (χ3v) is 6.10. The van der Waals surface area contributed by atoms with Crippen molar-refractivity contribution in [1.29, 1.82) is 0 Å². The van der Waals surface area contributed by atoms with Gasteiger partial charge in [0, 0.05) is 13.0 Å². The van der Waals surface area contributed by atoms with Crippen LogP contribution in [0.3, 0.4) is 0 Å². The van der Waals surface area contributed by atoms with Gasteiger partial charge in [-0.1, -0.05) is 50.2 Å². The summed E-state index contributed by atoms with van der Waals surface area (Å²) in [5, 5.41) is 3.13. The number of aryl methyl sites for hydroxylation is 2. The quantitative estimate of drug-likeness (QED) is 0.591. The SMILES string of the molecule is Cc1cc(C)cc(N(CCCC(=O)N[C@@H](CC(C)C)c2ccccc2)S(C)(=O)=O)c1. The number of benzene rings is 2. The average Bonchev–Trinajstić information content (AvgIpc) is 2.63. The van der Waals surface area contributed by atoms with Gasteiger partial charge in [-0.25, -0.2) is 8.42 Å². The van der Waals surface area contributed by atoms with Gasteiger partial charge in [0.05, 0.1) is 18.0 Å². The Morgan fingerprint density at radius 3 is 2.17 bits per heavy atom. The molecule has 2 aromatic rings. The molecular formula is C24H34N2O3S. The summed E-state index contributed by atoms with van der Waals surface area (Å²) in [6.07, 6.45) is 2.79. The van der Waals surface area contributed by atoms with Crippen molar-refractivity contribution in [2.75, 3.05) is 17.1 Å². The smallest absolute Gasteiger partial charge is 0.232 e. The zero-order valence-electron chi connectivity index (χ0n) is 18.7. The zero-order valence-corrected chi connectivity index (χ0v) is 19.5. The highest BCUT2D eigenvalue weighted by Gasteiger charge is 2.20. The lowest BCUT2D eigenvalue weighted by Crippen LogP contribution is -2.33. The molecule has 0 aliphatic carbocycles. The summed E-state index contributed by atoms with van der Waals surface area (Å²) in [5.41, 5.74) is 3.76. The Labute approximate surface area is 181 Å². The monoisotopic (exact) mass is 430 g/mol. The third kappa shape index (κ3) is 7.48. The second kappa shape index (κ2) is 10.6. The summed E-state index contributed by atoms with van der Waals surface area (Å²) in [5.74, 6) is 0.388. The van der Waals surface area contributed by atoms with E-state index < -0.39 is 10.0 Å². The van der Waals surface area contributed by atoms with E-state index in [1.807, 2.05) is 62.4 Å². The second-order valence-electron chi connectivity index (χ2n) is 8.44. The van der Waals surface area contributed by atoms with Crippen molar-refractivity contribution in [2.45, 2.75) is 53.0 Å². The molecule has 2 aromatic carbocycles. The fourth-order valence-corrected chi connectivity index (χ4v) is 4.61. The van der Waals surface area contributed by atoms with Gasteiger partial charge in [0.25, 0.3) is 0 Å². The Morgan fingerprint density at radius 1 is 1.03 bits per heavy atom. The second-order valence-corrected chi connectivity index (χ2v) is 10.4. The molecule has 2 rings (SSSR count). The van der Waals surface area contributed by atoms with Crippen LogP contribution in [0.25, 0.3) is 0 Å². The van der Waals surface area contributed by atoms with Crippen molar-refractivity contribution in [3.63, 3.8) is 0 Å². The number of nitrogens with one attached hydrogen (secondary N) is 1. The molecule has 0 bridgehead atoms. The molecule has 5 nitrogen and oxygen atoms in total. The summed E-state index contributed by atoms with van der Waals surface area (Å²) in [4.78, 5) is 12.6. The molecule has 30 heavy (non-hydrogen) atoms. The van der Waals surface area contributed by atoms with Crippen LogP contribution < -0.4 is 9.62 Å². The van der Waals surface area contributed by atoms with E-state index in [0.29, 0.717) is 18.0 Å². The van der Waals surface area contributed by atoms with Crippen LogP contribution in [0.15, 0.2) is 48.5 Å². The third-order valence-electron chi connectivity index (χ3n) is 4.90. The highest BCUT2D eigenvalue weighted by Crippen LogP contribution is 2.23. The predicted molar refractivity (Wildman–Crippen MR) is 124 cm³/mol. The summed E-state index contributed by atoms with van der Waals surface area (Å²) >= 11 is 0. The van der Waals surface area contributed by atoms with Crippen molar-refractivity contribution >= 4 is 21.6 Å². The lowest BCUT2D eigenvalue weighted by Gasteiger charge is -2.24. The molecule has 0 heterocycles. The van der Waals surface area contributed by atoms with E-state index in [-0.39, 0.29) is 24.9 Å². The maximum Gasteiger partial charge on any atom is 0.232 e. The molecule has 1 amide bonds. The minimum absolute atomic E-state index is 0.0378. The van der Waals surface area contributed by atoms with E-state index >= 15 is 0 Å². The number of rotatable bonds is 10. The van der Waals surface area contributed by atoms with Crippen LogP contribution in [0.1, 0.15) is 55.8 Å². The molecule has 0 radical (unpaired) electrons. The fourth-order valence-electron chi connectivity index (χ4n) is 3.67. The molecule has 1 atom stereocenters. The van der Waals surface area contributed by atoms with Gasteiger partial charge in [-0.05, 0) is 61.4 Å². The lowest BCUT2D eigenvalue weighted by atomic mass is 9.97. The topological polar surface area (TPSA) is 66.5 Å². The van der Waals surface area contributed by atoms with Crippen molar-refractivity contribution in [2.24, 2.45) is 5.92 Å². The van der Waals surface area contributed by atoms with E-state index in [1.54, 1.807) is 0 Å². The molecule has 1 N–H and O–H groups in total. The van der Waals surface area contributed by atoms with Gasteiger partial charge in [-0.3, -0.25) is 9.10 Å². The maximum absolute atomic E-state index is 12.6. The van der Waals surface area contributed by atoms with Crippen LogP contribution in [0, 0.1) is 19.8 Å². The van der Waals surface area contributed by atoms with Crippen LogP contribution in [0.2, 0.25) is 0 Å². The van der Waals surface area contributed by atoms with E-state index in [9.17, 15) is 13.2 Å². The molecular weight excluding hydrogens is 396 g/mol. The minimum atomic E-state index is -3.43. The van der Waals surface area contributed by atoms with Crippen molar-refractivity contribution in [3.8, 4) is 0 Å². The minimum Gasteiger partial charge on any atom is -0.349 e.